The third-order valence-corrected chi connectivity index (χ3v) is 5.65. The van der Waals surface area contributed by atoms with E-state index < -0.39 is 0 Å². The van der Waals surface area contributed by atoms with Crippen molar-refractivity contribution in [3.05, 3.63) is 28.2 Å². The molecule has 0 radical (unpaired) electrons. The zero-order valence-corrected chi connectivity index (χ0v) is 14.4. The number of nitrogens with zero attached hydrogens (tertiary/aromatic N) is 2. The minimum Gasteiger partial charge on any atom is -0.409 e. The molecule has 0 unspecified atom stereocenters. The van der Waals surface area contributed by atoms with Crippen LogP contribution in [0.3, 0.4) is 0 Å². The fourth-order valence-corrected chi connectivity index (χ4v) is 3.79. The van der Waals surface area contributed by atoms with Crippen LogP contribution in [0, 0.1) is 5.41 Å². The Kier molecular flexibility index (Phi) is 5.14. The Bertz CT molecular complexity index is 516. The maximum Gasteiger partial charge on any atom is 0.170 e. The number of halogens is 1. The Morgan fingerprint density at radius 2 is 1.95 bits per heavy atom. The third-order valence-electron chi connectivity index (χ3n) is 5.02. The van der Waals surface area contributed by atoms with Crippen molar-refractivity contribution in [1.29, 1.82) is 0 Å². The zero-order valence-electron chi connectivity index (χ0n) is 12.8. The summed E-state index contributed by atoms with van der Waals surface area (Å²) in [5, 5.41) is 11.8. The Morgan fingerprint density at radius 3 is 2.43 bits per heavy atom. The fourth-order valence-electron chi connectivity index (χ4n) is 3.16. The number of hydrogen-bond donors (Lipinski definition) is 2. The predicted molar refractivity (Wildman–Crippen MR) is 91.1 cm³/mol. The number of benzene rings is 1. The molecule has 0 atom stereocenters. The highest BCUT2D eigenvalue weighted by Crippen LogP contribution is 2.40. The Hall–Kier alpha value is -1.23. The van der Waals surface area contributed by atoms with Gasteiger partial charge in [0.05, 0.1) is 5.69 Å². The molecule has 0 spiro atoms. The number of nitrogens with two attached hydrogens (primary N) is 1. The minimum atomic E-state index is 0.136. The van der Waals surface area contributed by atoms with Crippen molar-refractivity contribution in [1.82, 2.24) is 0 Å². The number of oxime groups is 1. The van der Waals surface area contributed by atoms with Crippen molar-refractivity contribution < 1.29 is 5.21 Å². The smallest absolute Gasteiger partial charge is 0.170 e. The molecule has 0 bridgehead atoms. The summed E-state index contributed by atoms with van der Waals surface area (Å²) < 4.78 is 0.993. The molecule has 21 heavy (non-hydrogen) atoms. The van der Waals surface area contributed by atoms with Gasteiger partial charge in [-0.1, -0.05) is 31.8 Å². The van der Waals surface area contributed by atoms with Gasteiger partial charge in [0.1, 0.15) is 0 Å². The normalized spacial score (nSPS) is 18.8. The molecule has 2 rings (SSSR count). The first-order chi connectivity index (χ1) is 10.0. The Balaban J connectivity index is 2.14. The van der Waals surface area contributed by atoms with E-state index in [2.05, 4.69) is 39.8 Å². The van der Waals surface area contributed by atoms with Crippen LogP contribution < -0.4 is 10.6 Å². The van der Waals surface area contributed by atoms with Crippen LogP contribution in [0.4, 0.5) is 5.69 Å². The maximum atomic E-state index is 8.75. The topological polar surface area (TPSA) is 61.8 Å². The van der Waals surface area contributed by atoms with Crippen LogP contribution in [0.2, 0.25) is 0 Å². The van der Waals surface area contributed by atoms with Gasteiger partial charge in [-0.15, -0.1) is 0 Å². The van der Waals surface area contributed by atoms with Crippen molar-refractivity contribution in [2.24, 2.45) is 16.3 Å². The summed E-state index contributed by atoms with van der Waals surface area (Å²) in [6, 6.07) is 5.85. The van der Waals surface area contributed by atoms with Crippen molar-refractivity contribution in [3.63, 3.8) is 0 Å². The van der Waals surface area contributed by atoms with Gasteiger partial charge in [-0.25, -0.2) is 0 Å². The fraction of sp³-hybridized carbons (Fsp3) is 0.562. The van der Waals surface area contributed by atoms with Crippen molar-refractivity contribution in [2.45, 2.75) is 39.5 Å². The third kappa shape index (κ3) is 3.34. The largest absolute Gasteiger partial charge is 0.409 e. The van der Waals surface area contributed by atoms with Crippen LogP contribution in [-0.2, 0) is 0 Å². The van der Waals surface area contributed by atoms with E-state index in [1.807, 2.05) is 18.2 Å². The SMILES string of the molecule is CCC1(CC)CCN(c2ccc(/C(N)=N/O)cc2Br)CC1. The monoisotopic (exact) mass is 353 g/mol. The molecule has 0 saturated carbocycles. The van der Waals surface area contributed by atoms with E-state index in [1.54, 1.807) is 0 Å². The van der Waals surface area contributed by atoms with Gasteiger partial charge in [-0.3, -0.25) is 0 Å². The summed E-state index contributed by atoms with van der Waals surface area (Å²) in [5.74, 6) is 0.136. The van der Waals surface area contributed by atoms with Gasteiger partial charge in [0.15, 0.2) is 5.84 Å². The average Bonchev–Trinajstić information content (AvgIpc) is 2.54. The highest BCUT2D eigenvalue weighted by Gasteiger charge is 2.31. The molecule has 1 aliphatic heterocycles. The summed E-state index contributed by atoms with van der Waals surface area (Å²) in [6.07, 6.45) is 5.02. The summed E-state index contributed by atoms with van der Waals surface area (Å²) in [4.78, 5) is 2.42. The number of amidine groups is 1. The molecule has 1 heterocycles. The van der Waals surface area contributed by atoms with Crippen LogP contribution >= 0.6 is 15.9 Å². The second-order valence-corrected chi connectivity index (χ2v) is 6.70. The molecule has 4 nitrogen and oxygen atoms in total. The molecule has 0 amide bonds. The van der Waals surface area contributed by atoms with Crippen molar-refractivity contribution >= 4 is 27.5 Å². The molecule has 1 aliphatic rings. The van der Waals surface area contributed by atoms with Gasteiger partial charge < -0.3 is 15.8 Å². The highest BCUT2D eigenvalue weighted by atomic mass is 79.9. The lowest BCUT2D eigenvalue weighted by molar-refractivity contribution is 0.199. The Morgan fingerprint density at radius 1 is 1.33 bits per heavy atom. The molecule has 1 aromatic rings. The summed E-state index contributed by atoms with van der Waals surface area (Å²) in [7, 11) is 0. The molecule has 1 saturated heterocycles. The van der Waals surface area contributed by atoms with Crippen LogP contribution in [-0.4, -0.2) is 24.1 Å². The minimum absolute atomic E-state index is 0.136. The highest BCUT2D eigenvalue weighted by molar-refractivity contribution is 9.10. The average molecular weight is 354 g/mol. The van der Waals surface area contributed by atoms with E-state index in [1.165, 1.54) is 31.4 Å². The van der Waals surface area contributed by atoms with Crippen LogP contribution in [0.15, 0.2) is 27.8 Å². The zero-order chi connectivity index (χ0) is 15.5. The molecule has 1 aromatic carbocycles. The van der Waals surface area contributed by atoms with Crippen LogP contribution in [0.25, 0.3) is 0 Å². The molecule has 0 aliphatic carbocycles. The van der Waals surface area contributed by atoms with Gasteiger partial charge in [-0.2, -0.15) is 0 Å². The standard InChI is InChI=1S/C16H24BrN3O/c1-3-16(4-2)7-9-20(10-8-16)14-6-5-12(11-13(14)17)15(18)19-21/h5-6,11,21H,3-4,7-10H2,1-2H3,(H2,18,19). The lowest BCUT2D eigenvalue weighted by atomic mass is 9.74. The van der Waals surface area contributed by atoms with E-state index >= 15 is 0 Å². The number of piperidine rings is 1. The van der Waals surface area contributed by atoms with Crippen LogP contribution in [0.1, 0.15) is 45.1 Å². The summed E-state index contributed by atoms with van der Waals surface area (Å²) in [6.45, 7) is 6.79. The summed E-state index contributed by atoms with van der Waals surface area (Å²) in [5.41, 5.74) is 8.06. The first-order valence-corrected chi connectivity index (χ1v) is 8.37. The van der Waals surface area contributed by atoms with Crippen molar-refractivity contribution in [3.8, 4) is 0 Å². The molecule has 5 heteroatoms. The second kappa shape index (κ2) is 6.69. The molecule has 1 fully saturated rings. The Labute approximate surface area is 135 Å². The maximum absolute atomic E-state index is 8.75. The van der Waals surface area contributed by atoms with Gasteiger partial charge in [0, 0.05) is 23.1 Å². The molecule has 116 valence electrons. The number of anilines is 1. The van der Waals surface area contributed by atoms with E-state index in [0.29, 0.717) is 5.41 Å². The number of hydrogen-bond acceptors (Lipinski definition) is 3. The molecule has 3 N–H and O–H groups in total. The predicted octanol–water partition coefficient (Wildman–Crippen LogP) is 3.95. The first-order valence-electron chi connectivity index (χ1n) is 7.57. The van der Waals surface area contributed by atoms with E-state index in [0.717, 1.165) is 23.1 Å². The van der Waals surface area contributed by atoms with Gasteiger partial charge in [0.25, 0.3) is 0 Å². The number of rotatable bonds is 4. The molecule has 0 aromatic heterocycles. The molecular formula is C16H24BrN3O. The van der Waals surface area contributed by atoms with Gasteiger partial charge in [-0.05, 0) is 52.4 Å². The first kappa shape index (κ1) is 16.1. The quantitative estimate of drug-likeness (QED) is 0.372. The van der Waals surface area contributed by atoms with Crippen molar-refractivity contribution in [2.75, 3.05) is 18.0 Å². The van der Waals surface area contributed by atoms with Gasteiger partial charge >= 0.3 is 0 Å². The second-order valence-electron chi connectivity index (χ2n) is 5.85. The van der Waals surface area contributed by atoms with Crippen LogP contribution in [0.5, 0.6) is 0 Å². The van der Waals surface area contributed by atoms with Gasteiger partial charge in [0.2, 0.25) is 0 Å². The van der Waals surface area contributed by atoms with E-state index in [4.69, 9.17) is 10.9 Å². The lowest BCUT2D eigenvalue weighted by Crippen LogP contribution is -2.39. The van der Waals surface area contributed by atoms with E-state index in [9.17, 15) is 0 Å². The molecular weight excluding hydrogens is 330 g/mol. The van der Waals surface area contributed by atoms with E-state index in [-0.39, 0.29) is 5.84 Å². The lowest BCUT2D eigenvalue weighted by Gasteiger charge is -2.42. The summed E-state index contributed by atoms with van der Waals surface area (Å²) >= 11 is 3.61.